The number of carboxylic acids is 1. The molecule has 0 aromatic carbocycles. The van der Waals surface area contributed by atoms with Gasteiger partial charge in [-0.1, -0.05) is 31.8 Å². The lowest BCUT2D eigenvalue weighted by Crippen LogP contribution is -2.48. The van der Waals surface area contributed by atoms with E-state index in [4.69, 9.17) is 5.11 Å². The predicted octanol–water partition coefficient (Wildman–Crippen LogP) is 2.90. The number of piperidine rings is 1. The summed E-state index contributed by atoms with van der Waals surface area (Å²) in [6, 6.07) is 0. The van der Waals surface area contributed by atoms with Gasteiger partial charge in [0.15, 0.2) is 0 Å². The first kappa shape index (κ1) is 19.0. The molecule has 2 heterocycles. The van der Waals surface area contributed by atoms with Crippen molar-refractivity contribution < 1.29 is 9.90 Å². The minimum atomic E-state index is -0.675. The van der Waals surface area contributed by atoms with E-state index in [2.05, 4.69) is 22.0 Å². The van der Waals surface area contributed by atoms with E-state index in [1.165, 1.54) is 48.9 Å². The van der Waals surface area contributed by atoms with Crippen molar-refractivity contribution in [1.29, 1.82) is 0 Å². The summed E-state index contributed by atoms with van der Waals surface area (Å²) in [5, 5.41) is 19.2. The second kappa shape index (κ2) is 10.5. The third-order valence-corrected chi connectivity index (χ3v) is 4.86. The van der Waals surface area contributed by atoms with Gasteiger partial charge in [0, 0.05) is 18.7 Å². The average molecular weight is 335 g/mol. The van der Waals surface area contributed by atoms with Crippen molar-refractivity contribution in [3.05, 3.63) is 22.9 Å². The summed E-state index contributed by atoms with van der Waals surface area (Å²) in [5.41, 5.74) is 4.29. The minimum Gasteiger partial charge on any atom is -0.481 e. The smallest absolute Gasteiger partial charge is 0.303 e. The van der Waals surface area contributed by atoms with Gasteiger partial charge in [-0.3, -0.25) is 10.1 Å². The molecule has 5 nitrogen and oxygen atoms in total. The van der Waals surface area contributed by atoms with E-state index >= 15 is 0 Å². The fourth-order valence-electron chi connectivity index (χ4n) is 3.56. The molecule has 0 aromatic rings. The lowest BCUT2D eigenvalue weighted by atomic mass is 9.94. The number of fused-ring (bicyclic) bond motifs is 1. The SMILES string of the molecule is CNCC1=C(CCCCCCCCC(=O)O)NC2NCCCC2=C1. The van der Waals surface area contributed by atoms with Crippen LogP contribution in [0.2, 0.25) is 0 Å². The van der Waals surface area contributed by atoms with Crippen LogP contribution < -0.4 is 16.0 Å². The molecule has 1 unspecified atom stereocenters. The molecule has 24 heavy (non-hydrogen) atoms. The van der Waals surface area contributed by atoms with Crippen LogP contribution in [0.15, 0.2) is 22.9 Å². The van der Waals surface area contributed by atoms with Crippen molar-refractivity contribution in [2.45, 2.75) is 70.4 Å². The molecule has 2 rings (SSSR count). The van der Waals surface area contributed by atoms with Gasteiger partial charge in [-0.2, -0.15) is 0 Å². The second-order valence-electron chi connectivity index (χ2n) is 6.90. The number of carboxylic acid groups (broad SMARTS) is 1. The van der Waals surface area contributed by atoms with Gasteiger partial charge in [0.2, 0.25) is 0 Å². The number of rotatable bonds is 11. The van der Waals surface area contributed by atoms with Gasteiger partial charge in [-0.15, -0.1) is 0 Å². The van der Waals surface area contributed by atoms with Crippen LogP contribution >= 0.6 is 0 Å². The summed E-state index contributed by atoms with van der Waals surface area (Å²) in [6.45, 7) is 2.02. The Balaban J connectivity index is 1.71. The van der Waals surface area contributed by atoms with Gasteiger partial charge in [0.1, 0.15) is 0 Å². The van der Waals surface area contributed by atoms with Gasteiger partial charge in [-0.25, -0.2) is 0 Å². The quantitative estimate of drug-likeness (QED) is 0.437. The summed E-state index contributed by atoms with van der Waals surface area (Å²) in [4.78, 5) is 10.5. The Hall–Kier alpha value is -1.33. The van der Waals surface area contributed by atoms with Crippen molar-refractivity contribution in [3.8, 4) is 0 Å². The molecule has 0 spiro atoms. The molecule has 1 fully saturated rings. The monoisotopic (exact) mass is 335 g/mol. The standard InChI is InChI=1S/C19H33N3O2/c1-20-14-16-13-15-9-8-12-21-19(15)22-17(16)10-6-4-2-3-5-7-11-18(23)24/h13,19-22H,2-12,14H2,1H3,(H,23,24). The Morgan fingerprint density at radius 1 is 1.25 bits per heavy atom. The van der Waals surface area contributed by atoms with E-state index in [1.807, 2.05) is 7.05 Å². The molecule has 2 aliphatic heterocycles. The van der Waals surface area contributed by atoms with Crippen molar-refractivity contribution in [2.75, 3.05) is 20.1 Å². The number of dihydropyridines is 1. The number of carbonyl (C=O) groups is 1. The number of unbranched alkanes of at least 4 members (excludes halogenated alkanes) is 5. The molecule has 1 atom stereocenters. The topological polar surface area (TPSA) is 73.4 Å². The first-order chi connectivity index (χ1) is 11.7. The fraction of sp³-hybridized carbons (Fsp3) is 0.737. The highest BCUT2D eigenvalue weighted by Gasteiger charge is 2.23. The van der Waals surface area contributed by atoms with E-state index in [9.17, 15) is 4.79 Å². The van der Waals surface area contributed by atoms with Crippen LogP contribution in [-0.2, 0) is 4.79 Å². The molecule has 1 saturated heterocycles. The van der Waals surface area contributed by atoms with E-state index in [1.54, 1.807) is 0 Å². The molecule has 2 aliphatic rings. The van der Waals surface area contributed by atoms with Gasteiger partial charge in [0.25, 0.3) is 0 Å². The van der Waals surface area contributed by atoms with Crippen LogP contribution in [-0.4, -0.2) is 37.4 Å². The normalized spacial score (nSPS) is 20.4. The molecular weight excluding hydrogens is 302 g/mol. The number of nitrogens with one attached hydrogen (secondary N) is 3. The predicted molar refractivity (Wildman–Crippen MR) is 97.8 cm³/mol. The summed E-state index contributed by atoms with van der Waals surface area (Å²) >= 11 is 0. The molecule has 136 valence electrons. The highest BCUT2D eigenvalue weighted by molar-refractivity contribution is 5.66. The maximum absolute atomic E-state index is 10.5. The van der Waals surface area contributed by atoms with Crippen LogP contribution in [0.5, 0.6) is 0 Å². The molecular formula is C19H33N3O2. The Kier molecular flexibility index (Phi) is 8.33. The van der Waals surface area contributed by atoms with Crippen molar-refractivity contribution in [3.63, 3.8) is 0 Å². The summed E-state index contributed by atoms with van der Waals surface area (Å²) in [7, 11) is 2.01. The van der Waals surface area contributed by atoms with E-state index in [0.717, 1.165) is 38.8 Å². The van der Waals surface area contributed by atoms with Gasteiger partial charge >= 0.3 is 5.97 Å². The molecule has 0 radical (unpaired) electrons. The summed E-state index contributed by atoms with van der Waals surface area (Å²) < 4.78 is 0. The molecule has 0 amide bonds. The largest absolute Gasteiger partial charge is 0.481 e. The molecule has 0 bridgehead atoms. The molecule has 5 heteroatoms. The second-order valence-corrected chi connectivity index (χ2v) is 6.90. The fourth-order valence-corrected chi connectivity index (χ4v) is 3.56. The van der Waals surface area contributed by atoms with Crippen molar-refractivity contribution in [2.24, 2.45) is 0 Å². The lowest BCUT2D eigenvalue weighted by molar-refractivity contribution is -0.137. The van der Waals surface area contributed by atoms with Crippen LogP contribution in [0.4, 0.5) is 0 Å². The Morgan fingerprint density at radius 3 is 2.75 bits per heavy atom. The zero-order valence-corrected chi connectivity index (χ0v) is 15.0. The number of hydrogen-bond donors (Lipinski definition) is 4. The molecule has 0 aromatic heterocycles. The Bertz CT molecular complexity index is 471. The van der Waals surface area contributed by atoms with Crippen molar-refractivity contribution in [1.82, 2.24) is 16.0 Å². The lowest BCUT2D eigenvalue weighted by Gasteiger charge is -2.34. The molecule has 0 aliphatic carbocycles. The number of hydrogen-bond acceptors (Lipinski definition) is 4. The first-order valence-electron chi connectivity index (χ1n) is 9.49. The van der Waals surface area contributed by atoms with E-state index in [-0.39, 0.29) is 0 Å². The van der Waals surface area contributed by atoms with Gasteiger partial charge in [-0.05, 0) is 56.8 Å². The van der Waals surface area contributed by atoms with Gasteiger partial charge < -0.3 is 15.7 Å². The highest BCUT2D eigenvalue weighted by atomic mass is 16.4. The van der Waals surface area contributed by atoms with Crippen LogP contribution in [0.3, 0.4) is 0 Å². The minimum absolute atomic E-state index is 0.313. The van der Waals surface area contributed by atoms with Crippen LogP contribution in [0.25, 0.3) is 0 Å². The number of allylic oxidation sites excluding steroid dienone is 1. The Labute approximate surface area is 146 Å². The third-order valence-electron chi connectivity index (χ3n) is 4.86. The average Bonchev–Trinajstić information content (AvgIpc) is 2.57. The molecule has 0 saturated carbocycles. The molecule has 4 N–H and O–H groups in total. The zero-order valence-electron chi connectivity index (χ0n) is 15.0. The highest BCUT2D eigenvalue weighted by Crippen LogP contribution is 2.25. The maximum Gasteiger partial charge on any atom is 0.303 e. The Morgan fingerprint density at radius 2 is 2.00 bits per heavy atom. The van der Waals surface area contributed by atoms with E-state index in [0.29, 0.717) is 12.6 Å². The summed E-state index contributed by atoms with van der Waals surface area (Å²) in [5.74, 6) is -0.675. The first-order valence-corrected chi connectivity index (χ1v) is 9.49. The summed E-state index contributed by atoms with van der Waals surface area (Å²) in [6.07, 6.45) is 13.2. The van der Waals surface area contributed by atoms with Crippen LogP contribution in [0, 0.1) is 0 Å². The maximum atomic E-state index is 10.5. The van der Waals surface area contributed by atoms with Gasteiger partial charge in [0.05, 0.1) is 6.17 Å². The number of aliphatic carboxylic acids is 1. The van der Waals surface area contributed by atoms with Crippen molar-refractivity contribution >= 4 is 5.97 Å². The van der Waals surface area contributed by atoms with E-state index < -0.39 is 5.97 Å². The van der Waals surface area contributed by atoms with Crippen LogP contribution in [0.1, 0.15) is 64.2 Å². The zero-order chi connectivity index (χ0) is 17.2. The number of likely N-dealkylation sites (N-methyl/N-ethyl adjacent to an activating group) is 1. The third kappa shape index (κ3) is 6.29.